The second-order valence-corrected chi connectivity index (χ2v) is 6.01. The third kappa shape index (κ3) is 4.07. The molecule has 1 aromatic carbocycles. The SMILES string of the molecule is Cc1cc(C(=O)N(CCC(=O)O)C(C)C)c(C)cc1Br. The van der Waals surface area contributed by atoms with Crippen LogP contribution >= 0.6 is 15.9 Å². The molecule has 1 rings (SSSR count). The van der Waals surface area contributed by atoms with E-state index < -0.39 is 5.97 Å². The van der Waals surface area contributed by atoms with E-state index in [0.717, 1.165) is 15.6 Å². The molecule has 0 spiro atoms. The maximum absolute atomic E-state index is 12.6. The highest BCUT2D eigenvalue weighted by molar-refractivity contribution is 9.10. The van der Waals surface area contributed by atoms with E-state index in [4.69, 9.17) is 5.11 Å². The summed E-state index contributed by atoms with van der Waals surface area (Å²) in [6, 6.07) is 3.72. The zero-order valence-corrected chi connectivity index (χ0v) is 13.8. The summed E-state index contributed by atoms with van der Waals surface area (Å²) in [7, 11) is 0. The van der Waals surface area contributed by atoms with Crippen molar-refractivity contribution < 1.29 is 14.7 Å². The molecular weight excluding hydrogens is 322 g/mol. The number of benzene rings is 1. The van der Waals surface area contributed by atoms with Crippen LogP contribution in [0.2, 0.25) is 0 Å². The number of halogens is 1. The zero-order valence-electron chi connectivity index (χ0n) is 12.2. The van der Waals surface area contributed by atoms with Gasteiger partial charge in [-0.05, 0) is 51.0 Å². The second kappa shape index (κ2) is 6.88. The summed E-state index contributed by atoms with van der Waals surface area (Å²) in [6.07, 6.45) is -0.0432. The molecule has 0 saturated heterocycles. The van der Waals surface area contributed by atoms with Crippen LogP contribution in [0.15, 0.2) is 16.6 Å². The number of aliphatic carboxylic acids is 1. The fourth-order valence-electron chi connectivity index (χ4n) is 1.98. The van der Waals surface area contributed by atoms with Crippen molar-refractivity contribution in [3.05, 3.63) is 33.3 Å². The van der Waals surface area contributed by atoms with Crippen molar-refractivity contribution in [1.29, 1.82) is 0 Å². The van der Waals surface area contributed by atoms with Crippen LogP contribution in [0.3, 0.4) is 0 Å². The highest BCUT2D eigenvalue weighted by atomic mass is 79.9. The first-order valence-corrected chi connectivity index (χ1v) is 7.32. The lowest BCUT2D eigenvalue weighted by molar-refractivity contribution is -0.137. The second-order valence-electron chi connectivity index (χ2n) is 5.15. The summed E-state index contributed by atoms with van der Waals surface area (Å²) in [4.78, 5) is 24.9. The predicted octanol–water partition coefficient (Wildman–Crippen LogP) is 3.39. The van der Waals surface area contributed by atoms with E-state index >= 15 is 0 Å². The number of carbonyl (C=O) groups is 2. The number of aryl methyl sites for hydroxylation is 2. The van der Waals surface area contributed by atoms with Crippen LogP contribution in [0.1, 0.15) is 41.8 Å². The van der Waals surface area contributed by atoms with E-state index in [9.17, 15) is 9.59 Å². The van der Waals surface area contributed by atoms with Gasteiger partial charge in [0.25, 0.3) is 5.91 Å². The van der Waals surface area contributed by atoms with Gasteiger partial charge in [-0.15, -0.1) is 0 Å². The molecule has 0 heterocycles. The summed E-state index contributed by atoms with van der Waals surface area (Å²) in [5.74, 6) is -1.01. The van der Waals surface area contributed by atoms with Gasteiger partial charge >= 0.3 is 5.97 Å². The van der Waals surface area contributed by atoms with E-state index in [-0.39, 0.29) is 24.9 Å². The largest absolute Gasteiger partial charge is 0.481 e. The molecule has 20 heavy (non-hydrogen) atoms. The summed E-state index contributed by atoms with van der Waals surface area (Å²) < 4.78 is 0.966. The lowest BCUT2D eigenvalue weighted by Crippen LogP contribution is -2.38. The molecule has 0 saturated carbocycles. The van der Waals surface area contributed by atoms with Crippen molar-refractivity contribution in [2.75, 3.05) is 6.54 Å². The summed E-state index contributed by atoms with van der Waals surface area (Å²) in [5, 5.41) is 8.79. The van der Waals surface area contributed by atoms with E-state index in [1.807, 2.05) is 39.8 Å². The van der Waals surface area contributed by atoms with Crippen molar-refractivity contribution in [2.24, 2.45) is 0 Å². The third-order valence-corrected chi connectivity index (χ3v) is 4.04. The zero-order chi connectivity index (χ0) is 15.4. The van der Waals surface area contributed by atoms with Crippen LogP contribution in [0, 0.1) is 13.8 Å². The Morgan fingerprint density at radius 1 is 1.25 bits per heavy atom. The molecule has 0 aliphatic heterocycles. The Balaban J connectivity index is 3.06. The van der Waals surface area contributed by atoms with Crippen molar-refractivity contribution in [3.8, 4) is 0 Å². The molecule has 0 aliphatic rings. The van der Waals surface area contributed by atoms with Crippen LogP contribution in [0.25, 0.3) is 0 Å². The summed E-state index contributed by atoms with van der Waals surface area (Å²) in [5.41, 5.74) is 2.50. The van der Waals surface area contributed by atoms with Crippen LogP contribution < -0.4 is 0 Å². The smallest absolute Gasteiger partial charge is 0.305 e. The number of carboxylic acids is 1. The van der Waals surface area contributed by atoms with E-state index in [1.54, 1.807) is 4.90 Å². The van der Waals surface area contributed by atoms with E-state index in [1.165, 1.54) is 0 Å². The Hall–Kier alpha value is -1.36. The van der Waals surface area contributed by atoms with Gasteiger partial charge in [0.05, 0.1) is 6.42 Å². The van der Waals surface area contributed by atoms with Gasteiger partial charge in [-0.25, -0.2) is 0 Å². The first-order valence-electron chi connectivity index (χ1n) is 6.53. The molecule has 1 N–H and O–H groups in total. The predicted molar refractivity (Wildman–Crippen MR) is 82.0 cm³/mol. The highest BCUT2D eigenvalue weighted by Gasteiger charge is 2.21. The molecular formula is C15H20BrNO3. The van der Waals surface area contributed by atoms with Crippen molar-refractivity contribution in [2.45, 2.75) is 40.2 Å². The average molecular weight is 342 g/mol. The molecule has 0 atom stereocenters. The van der Waals surface area contributed by atoms with Gasteiger partial charge in [0.1, 0.15) is 0 Å². The Morgan fingerprint density at radius 2 is 1.85 bits per heavy atom. The molecule has 0 radical (unpaired) electrons. The van der Waals surface area contributed by atoms with Gasteiger partial charge in [0.2, 0.25) is 0 Å². The number of hydrogen-bond donors (Lipinski definition) is 1. The minimum absolute atomic E-state index is 0.0368. The third-order valence-electron chi connectivity index (χ3n) is 3.19. The Kier molecular flexibility index (Phi) is 5.74. The van der Waals surface area contributed by atoms with E-state index in [0.29, 0.717) is 5.56 Å². The van der Waals surface area contributed by atoms with Crippen LogP contribution in [-0.4, -0.2) is 34.5 Å². The van der Waals surface area contributed by atoms with Crippen LogP contribution in [0.5, 0.6) is 0 Å². The first kappa shape index (κ1) is 16.7. The van der Waals surface area contributed by atoms with Gasteiger partial charge in [-0.3, -0.25) is 9.59 Å². The molecule has 0 unspecified atom stereocenters. The molecule has 110 valence electrons. The molecule has 0 aromatic heterocycles. The maximum atomic E-state index is 12.6. The minimum atomic E-state index is -0.896. The van der Waals surface area contributed by atoms with Gasteiger partial charge < -0.3 is 10.0 Å². The number of carboxylic acid groups (broad SMARTS) is 1. The number of carbonyl (C=O) groups excluding carboxylic acids is 1. The van der Waals surface area contributed by atoms with Crippen molar-refractivity contribution in [1.82, 2.24) is 4.90 Å². The Morgan fingerprint density at radius 3 is 2.35 bits per heavy atom. The topological polar surface area (TPSA) is 57.6 Å². The molecule has 5 heteroatoms. The van der Waals surface area contributed by atoms with E-state index in [2.05, 4.69) is 15.9 Å². The Bertz CT molecular complexity index is 526. The maximum Gasteiger partial charge on any atom is 0.305 e. The number of hydrogen-bond acceptors (Lipinski definition) is 2. The summed E-state index contributed by atoms with van der Waals surface area (Å²) >= 11 is 3.44. The number of rotatable bonds is 5. The van der Waals surface area contributed by atoms with Crippen LogP contribution in [-0.2, 0) is 4.79 Å². The lowest BCUT2D eigenvalue weighted by Gasteiger charge is -2.27. The quantitative estimate of drug-likeness (QED) is 0.892. The number of nitrogens with zero attached hydrogens (tertiary/aromatic N) is 1. The average Bonchev–Trinajstić information content (AvgIpc) is 2.32. The van der Waals surface area contributed by atoms with Crippen molar-refractivity contribution >= 4 is 27.8 Å². The standard InChI is InChI=1S/C15H20BrNO3/c1-9(2)17(6-5-14(18)19)15(20)12-7-11(4)13(16)8-10(12)3/h7-9H,5-6H2,1-4H3,(H,18,19). The van der Waals surface area contributed by atoms with Gasteiger partial charge in [-0.2, -0.15) is 0 Å². The van der Waals surface area contributed by atoms with Gasteiger partial charge in [-0.1, -0.05) is 15.9 Å². The highest BCUT2D eigenvalue weighted by Crippen LogP contribution is 2.22. The molecule has 4 nitrogen and oxygen atoms in total. The van der Waals surface area contributed by atoms with Crippen LogP contribution in [0.4, 0.5) is 0 Å². The molecule has 0 bridgehead atoms. The Labute approximate surface area is 127 Å². The fraction of sp³-hybridized carbons (Fsp3) is 0.467. The summed E-state index contributed by atoms with van der Waals surface area (Å²) in [6.45, 7) is 7.81. The lowest BCUT2D eigenvalue weighted by atomic mass is 10.0. The number of amides is 1. The monoisotopic (exact) mass is 341 g/mol. The first-order chi connectivity index (χ1) is 9.23. The van der Waals surface area contributed by atoms with Crippen molar-refractivity contribution in [3.63, 3.8) is 0 Å². The molecule has 0 fully saturated rings. The van der Waals surface area contributed by atoms with Gasteiger partial charge in [0.15, 0.2) is 0 Å². The molecule has 1 aromatic rings. The minimum Gasteiger partial charge on any atom is -0.481 e. The molecule has 0 aliphatic carbocycles. The fourth-order valence-corrected chi connectivity index (χ4v) is 2.43. The normalized spacial score (nSPS) is 10.7. The molecule has 1 amide bonds. The van der Waals surface area contributed by atoms with Gasteiger partial charge in [0, 0.05) is 22.6 Å².